The standard InChI is InChI=1S/C16H18N4.H2O/c1-19-9-13(10-19)15-7-18-16-3-2-12(6-14(15)16)8-20-5-4-17-11-20;/h2-7,11,13,18H,8-10H2,1H3;1H2. The highest BCUT2D eigenvalue weighted by atomic mass is 16.0. The molecule has 0 aliphatic carbocycles. The summed E-state index contributed by atoms with van der Waals surface area (Å²) in [5, 5.41) is 1.38. The number of likely N-dealkylation sites (tertiary alicyclic amines) is 1. The monoisotopic (exact) mass is 284 g/mol. The lowest BCUT2D eigenvalue weighted by atomic mass is 9.91. The molecule has 110 valence electrons. The Balaban J connectivity index is 0.00000132. The van der Waals surface area contributed by atoms with Gasteiger partial charge >= 0.3 is 0 Å². The molecule has 0 bridgehead atoms. The molecule has 0 amide bonds. The molecule has 1 saturated heterocycles. The number of nitrogens with one attached hydrogen (secondary N) is 1. The van der Waals surface area contributed by atoms with E-state index in [9.17, 15) is 0 Å². The van der Waals surface area contributed by atoms with Crippen molar-refractivity contribution < 1.29 is 5.48 Å². The van der Waals surface area contributed by atoms with Crippen molar-refractivity contribution in [3.05, 3.63) is 54.2 Å². The fraction of sp³-hybridized carbons (Fsp3) is 0.312. The number of likely N-dealkylation sites (N-methyl/N-ethyl adjacent to an activating group) is 1. The maximum Gasteiger partial charge on any atom is 0.0949 e. The van der Waals surface area contributed by atoms with Crippen molar-refractivity contribution >= 4 is 10.9 Å². The fourth-order valence-electron chi connectivity index (χ4n) is 3.11. The highest BCUT2D eigenvalue weighted by Crippen LogP contribution is 2.32. The van der Waals surface area contributed by atoms with Crippen molar-refractivity contribution in [2.45, 2.75) is 12.5 Å². The summed E-state index contributed by atoms with van der Waals surface area (Å²) in [5.41, 5.74) is 4.03. The maximum absolute atomic E-state index is 4.10. The van der Waals surface area contributed by atoms with E-state index in [1.807, 2.05) is 18.7 Å². The molecule has 0 atom stereocenters. The first kappa shape index (κ1) is 13.9. The van der Waals surface area contributed by atoms with Gasteiger partial charge in [0.15, 0.2) is 0 Å². The Labute approximate surface area is 123 Å². The predicted octanol–water partition coefficient (Wildman–Crippen LogP) is 1.62. The molecule has 0 unspecified atom stereocenters. The summed E-state index contributed by atoms with van der Waals surface area (Å²) >= 11 is 0. The minimum atomic E-state index is 0. The van der Waals surface area contributed by atoms with E-state index in [2.05, 4.69) is 50.9 Å². The molecule has 1 aliphatic rings. The number of fused-ring (bicyclic) bond motifs is 1. The number of aromatic amines is 1. The second-order valence-corrected chi connectivity index (χ2v) is 5.78. The van der Waals surface area contributed by atoms with Gasteiger partial charge in [-0.15, -0.1) is 0 Å². The van der Waals surface area contributed by atoms with Crippen LogP contribution in [0.25, 0.3) is 10.9 Å². The fourth-order valence-corrected chi connectivity index (χ4v) is 3.11. The number of nitrogens with zero attached hydrogens (tertiary/aromatic N) is 3. The summed E-state index contributed by atoms with van der Waals surface area (Å²) in [6.07, 6.45) is 7.88. The zero-order valence-electron chi connectivity index (χ0n) is 12.1. The molecular formula is C16H20N4O. The van der Waals surface area contributed by atoms with Crippen LogP contribution < -0.4 is 0 Å². The molecule has 0 radical (unpaired) electrons. The van der Waals surface area contributed by atoms with Crippen LogP contribution in [0.1, 0.15) is 17.0 Å². The largest absolute Gasteiger partial charge is 0.412 e. The number of benzene rings is 1. The summed E-state index contributed by atoms with van der Waals surface area (Å²) in [6.45, 7) is 3.21. The van der Waals surface area contributed by atoms with Crippen molar-refractivity contribution in [3.8, 4) is 0 Å². The number of aromatic nitrogens is 3. The molecular weight excluding hydrogens is 264 g/mol. The quantitative estimate of drug-likeness (QED) is 0.794. The van der Waals surface area contributed by atoms with Gasteiger partial charge in [-0.2, -0.15) is 0 Å². The summed E-state index contributed by atoms with van der Waals surface area (Å²) in [5.74, 6) is 0.678. The Hall–Kier alpha value is -2.11. The molecule has 0 spiro atoms. The molecule has 4 rings (SSSR count). The Kier molecular flexibility index (Phi) is 3.53. The molecule has 1 aromatic carbocycles. The number of hydrogen-bond donors (Lipinski definition) is 1. The molecule has 3 aromatic rings. The van der Waals surface area contributed by atoms with Gasteiger partial charge in [0.1, 0.15) is 0 Å². The molecule has 3 heterocycles. The Morgan fingerprint density at radius 2 is 2.19 bits per heavy atom. The molecule has 5 nitrogen and oxygen atoms in total. The van der Waals surface area contributed by atoms with Gasteiger partial charge in [-0.3, -0.25) is 0 Å². The van der Waals surface area contributed by atoms with E-state index in [4.69, 9.17) is 0 Å². The van der Waals surface area contributed by atoms with Gasteiger partial charge in [-0.25, -0.2) is 4.98 Å². The second-order valence-electron chi connectivity index (χ2n) is 5.78. The third-order valence-electron chi connectivity index (χ3n) is 4.21. The Morgan fingerprint density at radius 1 is 1.33 bits per heavy atom. The lowest BCUT2D eigenvalue weighted by Crippen LogP contribution is -2.41. The van der Waals surface area contributed by atoms with Crippen LogP contribution in [0.15, 0.2) is 43.1 Å². The van der Waals surface area contributed by atoms with Crippen molar-refractivity contribution in [1.29, 1.82) is 0 Å². The first-order valence-electron chi connectivity index (χ1n) is 7.04. The number of hydrogen-bond acceptors (Lipinski definition) is 2. The van der Waals surface area contributed by atoms with Crippen LogP contribution in [0, 0.1) is 0 Å². The van der Waals surface area contributed by atoms with Crippen LogP contribution in [-0.2, 0) is 6.54 Å². The van der Waals surface area contributed by atoms with Crippen molar-refractivity contribution in [2.24, 2.45) is 0 Å². The molecule has 2 aromatic heterocycles. The summed E-state index contributed by atoms with van der Waals surface area (Å²) in [4.78, 5) is 9.86. The minimum Gasteiger partial charge on any atom is -0.412 e. The lowest BCUT2D eigenvalue weighted by Gasteiger charge is -2.36. The predicted molar refractivity (Wildman–Crippen MR) is 83.5 cm³/mol. The average Bonchev–Trinajstić information content (AvgIpc) is 3.04. The number of rotatable bonds is 3. The molecule has 21 heavy (non-hydrogen) atoms. The Morgan fingerprint density at radius 3 is 2.90 bits per heavy atom. The van der Waals surface area contributed by atoms with Gasteiger partial charge in [0.2, 0.25) is 0 Å². The van der Waals surface area contributed by atoms with Crippen LogP contribution in [0.2, 0.25) is 0 Å². The first-order valence-corrected chi connectivity index (χ1v) is 7.04. The SMILES string of the molecule is CN1CC(c2c[nH]c3ccc(Cn4ccnc4)cc23)C1.O. The third-order valence-corrected chi connectivity index (χ3v) is 4.21. The zero-order chi connectivity index (χ0) is 13.5. The summed E-state index contributed by atoms with van der Waals surface area (Å²) < 4.78 is 2.10. The van der Waals surface area contributed by atoms with Gasteiger partial charge in [-0.05, 0) is 30.3 Å². The van der Waals surface area contributed by atoms with Crippen LogP contribution in [-0.4, -0.2) is 45.0 Å². The highest BCUT2D eigenvalue weighted by Gasteiger charge is 2.26. The van der Waals surface area contributed by atoms with Gasteiger partial charge in [0.05, 0.1) is 6.33 Å². The zero-order valence-corrected chi connectivity index (χ0v) is 12.1. The van der Waals surface area contributed by atoms with Crippen molar-refractivity contribution in [1.82, 2.24) is 19.4 Å². The van der Waals surface area contributed by atoms with E-state index in [0.29, 0.717) is 5.92 Å². The van der Waals surface area contributed by atoms with Gasteiger partial charge in [0, 0.05) is 55.0 Å². The van der Waals surface area contributed by atoms with Crippen LogP contribution in [0.5, 0.6) is 0 Å². The topological polar surface area (TPSA) is 68.3 Å². The Bertz CT molecular complexity index is 726. The van der Waals surface area contributed by atoms with Gasteiger partial charge in [0.25, 0.3) is 0 Å². The molecule has 3 N–H and O–H groups in total. The lowest BCUT2D eigenvalue weighted by molar-refractivity contribution is 0.190. The van der Waals surface area contributed by atoms with E-state index >= 15 is 0 Å². The first-order chi connectivity index (χ1) is 9.79. The van der Waals surface area contributed by atoms with E-state index in [0.717, 1.165) is 6.54 Å². The van der Waals surface area contributed by atoms with E-state index in [-0.39, 0.29) is 5.48 Å². The smallest absolute Gasteiger partial charge is 0.0949 e. The number of imidazole rings is 1. The normalized spacial score (nSPS) is 15.9. The van der Waals surface area contributed by atoms with E-state index in [1.54, 1.807) is 0 Å². The number of H-pyrrole nitrogens is 1. The van der Waals surface area contributed by atoms with E-state index in [1.165, 1.54) is 35.1 Å². The third kappa shape index (κ3) is 2.46. The molecule has 1 aliphatic heterocycles. The van der Waals surface area contributed by atoms with Crippen molar-refractivity contribution in [3.63, 3.8) is 0 Å². The van der Waals surface area contributed by atoms with Crippen LogP contribution >= 0.6 is 0 Å². The summed E-state index contributed by atoms with van der Waals surface area (Å²) in [7, 11) is 2.18. The van der Waals surface area contributed by atoms with Gasteiger partial charge in [-0.1, -0.05) is 6.07 Å². The van der Waals surface area contributed by atoms with Crippen LogP contribution in [0.3, 0.4) is 0 Å². The minimum absolute atomic E-state index is 0. The molecule has 0 saturated carbocycles. The van der Waals surface area contributed by atoms with Crippen LogP contribution in [0.4, 0.5) is 0 Å². The highest BCUT2D eigenvalue weighted by molar-refractivity contribution is 5.84. The van der Waals surface area contributed by atoms with E-state index < -0.39 is 0 Å². The summed E-state index contributed by atoms with van der Waals surface area (Å²) in [6, 6.07) is 6.70. The average molecular weight is 284 g/mol. The second kappa shape index (κ2) is 5.35. The molecule has 1 fully saturated rings. The maximum atomic E-state index is 4.10. The van der Waals surface area contributed by atoms with Crippen molar-refractivity contribution in [2.75, 3.05) is 20.1 Å². The van der Waals surface area contributed by atoms with Gasteiger partial charge < -0.3 is 19.9 Å². The molecule has 5 heteroatoms.